The van der Waals surface area contributed by atoms with Crippen LogP contribution in [0.25, 0.3) is 11.3 Å². The van der Waals surface area contributed by atoms with E-state index in [2.05, 4.69) is 9.97 Å². The number of aryl methyl sites for hydroxylation is 1. The molecule has 17 heavy (non-hydrogen) atoms. The molecule has 88 valence electrons. The summed E-state index contributed by atoms with van der Waals surface area (Å²) in [5.74, 6) is 0.791. The predicted molar refractivity (Wildman–Crippen MR) is 66.0 cm³/mol. The Kier molecular flexibility index (Phi) is 2.79. The number of nitrogens with zero attached hydrogens (tertiary/aromatic N) is 2. The maximum Gasteiger partial charge on any atom is 0.130 e. The summed E-state index contributed by atoms with van der Waals surface area (Å²) in [5, 5.41) is 0. The molecule has 1 aromatic carbocycles. The number of halogens is 1. The standard InChI is InChI=1S/C13H14FN3/c1-7-10(5-4-6-11(7)14)12-8(2)13(15)17-9(3)16-12/h4-6H,1-3H3,(H2,15,16,17). The average Bonchev–Trinajstić information content (AvgIpc) is 2.27. The Hall–Kier alpha value is -1.97. The van der Waals surface area contributed by atoms with Crippen LogP contribution in [0, 0.1) is 26.6 Å². The minimum absolute atomic E-state index is 0.239. The predicted octanol–water partition coefficient (Wildman–Crippen LogP) is 2.79. The van der Waals surface area contributed by atoms with Crippen LogP contribution in [0.1, 0.15) is 17.0 Å². The molecule has 2 N–H and O–H groups in total. The molecule has 0 atom stereocenters. The fourth-order valence-electron chi connectivity index (χ4n) is 1.78. The number of rotatable bonds is 1. The van der Waals surface area contributed by atoms with Gasteiger partial charge in [0, 0.05) is 11.1 Å². The van der Waals surface area contributed by atoms with Gasteiger partial charge in [-0.15, -0.1) is 0 Å². The maximum absolute atomic E-state index is 13.5. The number of nitrogens with two attached hydrogens (primary N) is 1. The van der Waals surface area contributed by atoms with Crippen LogP contribution in [-0.4, -0.2) is 9.97 Å². The van der Waals surface area contributed by atoms with Crippen molar-refractivity contribution in [3.8, 4) is 11.3 Å². The number of hydrogen-bond acceptors (Lipinski definition) is 3. The second-order valence-corrected chi connectivity index (χ2v) is 4.04. The minimum Gasteiger partial charge on any atom is -0.383 e. The van der Waals surface area contributed by atoms with Crippen LogP contribution in [0.3, 0.4) is 0 Å². The molecule has 0 saturated carbocycles. The summed E-state index contributed by atoms with van der Waals surface area (Å²) >= 11 is 0. The molecule has 0 saturated heterocycles. The van der Waals surface area contributed by atoms with Gasteiger partial charge in [0.05, 0.1) is 5.69 Å². The third-order valence-corrected chi connectivity index (χ3v) is 2.82. The lowest BCUT2D eigenvalue weighted by atomic mass is 10.0. The summed E-state index contributed by atoms with van der Waals surface area (Å²) in [5.41, 5.74) is 8.63. The van der Waals surface area contributed by atoms with Crippen LogP contribution in [-0.2, 0) is 0 Å². The van der Waals surface area contributed by atoms with Gasteiger partial charge in [0.25, 0.3) is 0 Å². The molecule has 0 aliphatic carbocycles. The average molecular weight is 231 g/mol. The molecule has 0 unspecified atom stereocenters. The van der Waals surface area contributed by atoms with Crippen LogP contribution in [0.2, 0.25) is 0 Å². The molecule has 0 aliphatic heterocycles. The van der Waals surface area contributed by atoms with Gasteiger partial charge >= 0.3 is 0 Å². The molecular weight excluding hydrogens is 217 g/mol. The van der Waals surface area contributed by atoms with Gasteiger partial charge in [0.2, 0.25) is 0 Å². The normalized spacial score (nSPS) is 10.6. The van der Waals surface area contributed by atoms with E-state index in [-0.39, 0.29) is 5.82 Å². The molecule has 3 nitrogen and oxygen atoms in total. The Balaban J connectivity index is 2.73. The Morgan fingerprint density at radius 2 is 1.76 bits per heavy atom. The summed E-state index contributed by atoms with van der Waals surface area (Å²) in [4.78, 5) is 8.43. The molecule has 0 spiro atoms. The molecule has 2 rings (SSSR count). The van der Waals surface area contributed by atoms with Crippen LogP contribution < -0.4 is 5.73 Å². The van der Waals surface area contributed by atoms with E-state index in [1.807, 2.05) is 13.0 Å². The summed E-state index contributed by atoms with van der Waals surface area (Å²) in [6, 6.07) is 4.95. The fourth-order valence-corrected chi connectivity index (χ4v) is 1.78. The third kappa shape index (κ3) is 1.98. The van der Waals surface area contributed by atoms with E-state index in [1.165, 1.54) is 6.07 Å². The summed E-state index contributed by atoms with van der Waals surface area (Å²) in [7, 11) is 0. The van der Waals surface area contributed by atoms with E-state index >= 15 is 0 Å². The third-order valence-electron chi connectivity index (χ3n) is 2.82. The molecule has 1 aromatic heterocycles. The smallest absolute Gasteiger partial charge is 0.130 e. The molecule has 0 bridgehead atoms. The highest BCUT2D eigenvalue weighted by Crippen LogP contribution is 2.28. The highest BCUT2D eigenvalue weighted by Gasteiger charge is 2.12. The van der Waals surface area contributed by atoms with Crippen molar-refractivity contribution < 1.29 is 4.39 Å². The largest absolute Gasteiger partial charge is 0.383 e. The molecular formula is C13H14FN3. The first kappa shape index (κ1) is 11.5. The van der Waals surface area contributed by atoms with Gasteiger partial charge in [-0.1, -0.05) is 12.1 Å². The Morgan fingerprint density at radius 3 is 2.47 bits per heavy atom. The summed E-state index contributed by atoms with van der Waals surface area (Å²) < 4.78 is 13.5. The van der Waals surface area contributed by atoms with Gasteiger partial charge < -0.3 is 5.73 Å². The lowest BCUT2D eigenvalue weighted by molar-refractivity contribution is 0.619. The first-order valence-corrected chi connectivity index (χ1v) is 5.37. The van der Waals surface area contributed by atoms with Crippen molar-refractivity contribution in [1.29, 1.82) is 0 Å². The van der Waals surface area contributed by atoms with Gasteiger partial charge in [0.15, 0.2) is 0 Å². The maximum atomic E-state index is 13.5. The highest BCUT2D eigenvalue weighted by atomic mass is 19.1. The second-order valence-electron chi connectivity index (χ2n) is 4.04. The number of anilines is 1. The Labute approximate surface area is 99.5 Å². The number of aromatic nitrogens is 2. The number of benzene rings is 1. The van der Waals surface area contributed by atoms with E-state index in [4.69, 9.17) is 5.73 Å². The molecule has 0 radical (unpaired) electrons. The van der Waals surface area contributed by atoms with E-state index in [0.717, 1.165) is 11.1 Å². The van der Waals surface area contributed by atoms with Gasteiger partial charge in [-0.2, -0.15) is 0 Å². The van der Waals surface area contributed by atoms with Crippen molar-refractivity contribution in [3.63, 3.8) is 0 Å². The highest BCUT2D eigenvalue weighted by molar-refractivity contribution is 5.70. The van der Waals surface area contributed by atoms with E-state index in [1.54, 1.807) is 19.9 Å². The van der Waals surface area contributed by atoms with Crippen molar-refractivity contribution in [2.45, 2.75) is 20.8 Å². The minimum atomic E-state index is -0.239. The van der Waals surface area contributed by atoms with Crippen molar-refractivity contribution in [1.82, 2.24) is 9.97 Å². The summed E-state index contributed by atoms with van der Waals surface area (Å²) in [6.45, 7) is 5.35. The van der Waals surface area contributed by atoms with Gasteiger partial charge in [-0.3, -0.25) is 0 Å². The zero-order valence-corrected chi connectivity index (χ0v) is 10.1. The quantitative estimate of drug-likeness (QED) is 0.821. The monoisotopic (exact) mass is 231 g/mol. The first-order valence-electron chi connectivity index (χ1n) is 5.37. The van der Waals surface area contributed by atoms with Crippen molar-refractivity contribution in [2.75, 3.05) is 5.73 Å². The molecule has 4 heteroatoms. The number of nitrogen functional groups attached to an aromatic ring is 1. The van der Waals surface area contributed by atoms with Crippen molar-refractivity contribution >= 4 is 5.82 Å². The summed E-state index contributed by atoms with van der Waals surface area (Å²) in [6.07, 6.45) is 0. The first-order chi connectivity index (χ1) is 8.00. The van der Waals surface area contributed by atoms with Crippen molar-refractivity contribution in [2.24, 2.45) is 0 Å². The van der Waals surface area contributed by atoms with Gasteiger partial charge in [-0.05, 0) is 32.4 Å². The zero-order chi connectivity index (χ0) is 12.6. The lowest BCUT2D eigenvalue weighted by Crippen LogP contribution is -2.03. The van der Waals surface area contributed by atoms with E-state index in [9.17, 15) is 4.39 Å². The van der Waals surface area contributed by atoms with Crippen LogP contribution >= 0.6 is 0 Å². The van der Waals surface area contributed by atoms with E-state index < -0.39 is 0 Å². The van der Waals surface area contributed by atoms with Crippen LogP contribution in [0.15, 0.2) is 18.2 Å². The SMILES string of the molecule is Cc1nc(N)c(C)c(-c2cccc(F)c2C)n1. The van der Waals surface area contributed by atoms with Crippen LogP contribution in [0.5, 0.6) is 0 Å². The zero-order valence-electron chi connectivity index (χ0n) is 10.1. The van der Waals surface area contributed by atoms with E-state index in [0.29, 0.717) is 22.9 Å². The molecule has 1 heterocycles. The molecule has 0 aliphatic rings. The molecule has 2 aromatic rings. The topological polar surface area (TPSA) is 51.8 Å². The Bertz CT molecular complexity index is 579. The molecule has 0 fully saturated rings. The van der Waals surface area contributed by atoms with Crippen LogP contribution in [0.4, 0.5) is 10.2 Å². The lowest BCUT2D eigenvalue weighted by Gasteiger charge is -2.11. The Morgan fingerprint density at radius 1 is 1.06 bits per heavy atom. The van der Waals surface area contributed by atoms with Crippen molar-refractivity contribution in [3.05, 3.63) is 41.0 Å². The van der Waals surface area contributed by atoms with Gasteiger partial charge in [-0.25, -0.2) is 14.4 Å². The van der Waals surface area contributed by atoms with Gasteiger partial charge in [0.1, 0.15) is 17.5 Å². The molecule has 0 amide bonds. The number of hydrogen-bond donors (Lipinski definition) is 1. The fraction of sp³-hybridized carbons (Fsp3) is 0.231. The second kappa shape index (κ2) is 4.13.